The highest BCUT2D eigenvalue weighted by Gasteiger charge is 2.29. The molecule has 9 heteroatoms. The maximum atomic E-state index is 11.9. The largest absolute Gasteiger partial charge is 0.361 e. The Bertz CT molecular complexity index is 1060. The van der Waals surface area contributed by atoms with Crippen LogP contribution in [0.2, 0.25) is 5.02 Å². The minimum Gasteiger partial charge on any atom is -0.361 e. The molecule has 0 unspecified atom stereocenters. The summed E-state index contributed by atoms with van der Waals surface area (Å²) in [7, 11) is 2.23. The lowest BCUT2D eigenvalue weighted by molar-refractivity contribution is -0.127. The zero-order valence-electron chi connectivity index (χ0n) is 20.9. The predicted molar refractivity (Wildman–Crippen MR) is 146 cm³/mol. The summed E-state index contributed by atoms with van der Waals surface area (Å²) in [5, 5.41) is 15.0. The van der Waals surface area contributed by atoms with Gasteiger partial charge >= 0.3 is 0 Å². The van der Waals surface area contributed by atoms with Gasteiger partial charge in [0.1, 0.15) is 0 Å². The van der Waals surface area contributed by atoms with Crippen LogP contribution in [0, 0.1) is 11.3 Å². The molecule has 2 fully saturated rings. The van der Waals surface area contributed by atoms with Gasteiger partial charge in [-0.2, -0.15) is 0 Å². The first-order chi connectivity index (χ1) is 17.5. The van der Waals surface area contributed by atoms with E-state index in [0.717, 1.165) is 57.4 Å². The van der Waals surface area contributed by atoms with Gasteiger partial charge in [-0.25, -0.2) is 9.97 Å². The lowest BCUT2D eigenvalue weighted by atomic mass is 9.88. The Labute approximate surface area is 218 Å². The Balaban J connectivity index is 1.36. The molecule has 0 spiro atoms. The molecular formula is C27H36ClN7O. The zero-order chi connectivity index (χ0) is 25.5. The Hall–Kier alpha value is -2.97. The molecule has 3 N–H and O–H groups in total. The minimum atomic E-state index is 0.0443. The fourth-order valence-electron chi connectivity index (χ4n) is 5.36. The van der Waals surface area contributed by atoms with Crippen LogP contribution in [0.15, 0.2) is 49.0 Å². The number of hydrogen-bond donors (Lipinski definition) is 3. The Morgan fingerprint density at radius 2 is 2.14 bits per heavy atom. The second-order valence-corrected chi connectivity index (χ2v) is 10.2. The number of nitrogens with one attached hydrogen (secondary N) is 3. The number of allylic oxidation sites excluding steroid dienone is 4. The lowest BCUT2D eigenvalue weighted by Gasteiger charge is -2.39. The first kappa shape index (κ1) is 26.1. The predicted octanol–water partition coefficient (Wildman–Crippen LogP) is 4.24. The van der Waals surface area contributed by atoms with Crippen LogP contribution in [-0.4, -0.2) is 70.7 Å². The van der Waals surface area contributed by atoms with E-state index in [0.29, 0.717) is 34.2 Å². The second-order valence-electron chi connectivity index (χ2n) is 9.80. The van der Waals surface area contributed by atoms with E-state index in [1.807, 2.05) is 29.3 Å². The highest BCUT2D eigenvalue weighted by Crippen LogP contribution is 2.28. The van der Waals surface area contributed by atoms with Crippen molar-refractivity contribution in [2.24, 2.45) is 5.92 Å². The van der Waals surface area contributed by atoms with Gasteiger partial charge in [0.05, 0.1) is 16.9 Å². The fourth-order valence-corrected chi connectivity index (χ4v) is 5.55. The summed E-state index contributed by atoms with van der Waals surface area (Å²) < 4.78 is 0. The molecule has 192 valence electrons. The summed E-state index contributed by atoms with van der Waals surface area (Å²) >= 11 is 6.43. The molecular weight excluding hydrogens is 474 g/mol. The van der Waals surface area contributed by atoms with Crippen molar-refractivity contribution in [1.29, 1.82) is 5.41 Å². The van der Waals surface area contributed by atoms with Gasteiger partial charge in [-0.15, -0.1) is 0 Å². The van der Waals surface area contributed by atoms with E-state index in [4.69, 9.17) is 22.0 Å². The first-order valence-corrected chi connectivity index (χ1v) is 13.1. The molecule has 1 saturated heterocycles. The van der Waals surface area contributed by atoms with Crippen molar-refractivity contribution in [3.63, 3.8) is 0 Å². The van der Waals surface area contributed by atoms with Gasteiger partial charge in [0.2, 0.25) is 11.9 Å². The molecule has 1 amide bonds. The molecule has 1 aromatic rings. The van der Waals surface area contributed by atoms with Crippen LogP contribution in [0.5, 0.6) is 0 Å². The number of carbonyl (C=O) groups is 1. The SMILES string of the molecule is C=CC(=O)N1CCC(CN(C)[C@H]2CCC[C@@H](Nc3ncc(Cl)c(/C(C=N)=C4\C=CC=CN4)n3)C2)CC1. The molecule has 4 rings (SSSR count). The number of likely N-dealkylation sites (tertiary alicyclic amines) is 1. The van der Waals surface area contributed by atoms with Crippen LogP contribution in [0.25, 0.3) is 5.57 Å². The number of rotatable bonds is 8. The van der Waals surface area contributed by atoms with Gasteiger partial charge in [0.25, 0.3) is 0 Å². The Kier molecular flexibility index (Phi) is 8.93. The maximum Gasteiger partial charge on any atom is 0.245 e. The molecule has 1 aromatic heterocycles. The molecule has 1 saturated carbocycles. The number of amides is 1. The highest BCUT2D eigenvalue weighted by atomic mass is 35.5. The summed E-state index contributed by atoms with van der Waals surface area (Å²) in [4.78, 5) is 25.4. The van der Waals surface area contributed by atoms with Crippen LogP contribution in [0.4, 0.5) is 5.95 Å². The molecule has 0 aromatic carbocycles. The first-order valence-electron chi connectivity index (χ1n) is 12.7. The molecule has 3 heterocycles. The quantitative estimate of drug-likeness (QED) is 0.358. The van der Waals surface area contributed by atoms with Crippen molar-refractivity contribution in [2.45, 2.75) is 50.6 Å². The van der Waals surface area contributed by atoms with Crippen LogP contribution in [0.3, 0.4) is 0 Å². The van der Waals surface area contributed by atoms with Crippen LogP contribution in [0.1, 0.15) is 44.2 Å². The third-order valence-electron chi connectivity index (χ3n) is 7.39. The minimum absolute atomic E-state index is 0.0443. The van der Waals surface area contributed by atoms with E-state index < -0.39 is 0 Å². The van der Waals surface area contributed by atoms with E-state index in [2.05, 4.69) is 34.1 Å². The molecule has 2 atom stereocenters. The fraction of sp³-hybridized carbons (Fsp3) is 0.481. The molecule has 0 radical (unpaired) electrons. The van der Waals surface area contributed by atoms with Crippen molar-refractivity contribution >= 4 is 35.2 Å². The number of aromatic nitrogens is 2. The summed E-state index contributed by atoms with van der Waals surface area (Å²) in [5.74, 6) is 1.20. The smallest absolute Gasteiger partial charge is 0.245 e. The van der Waals surface area contributed by atoms with E-state index in [1.165, 1.54) is 18.7 Å². The number of anilines is 1. The molecule has 2 aliphatic heterocycles. The summed E-state index contributed by atoms with van der Waals surface area (Å²) in [6.45, 7) is 6.31. The number of halogens is 1. The molecule has 0 bridgehead atoms. The maximum absolute atomic E-state index is 11.9. The zero-order valence-corrected chi connectivity index (χ0v) is 21.7. The van der Waals surface area contributed by atoms with E-state index >= 15 is 0 Å². The number of dihydropyridines is 1. The molecule has 36 heavy (non-hydrogen) atoms. The monoisotopic (exact) mass is 509 g/mol. The standard InChI is InChI=1S/C27H36ClN7O/c1-3-25(36)35-13-10-19(11-14-35)18-34(2)21-8-6-7-20(15-21)32-27-31-17-23(28)26(33-27)22(16-29)24-9-4-5-12-30-24/h3-5,9,12,16-17,19-21,29-30H,1,6-8,10-11,13-15,18H2,2H3,(H,31,32,33)/b24-22+,29-16?/t20-,21+/m1/s1. The highest BCUT2D eigenvalue weighted by molar-refractivity contribution is 6.33. The summed E-state index contributed by atoms with van der Waals surface area (Å²) in [5.41, 5.74) is 1.93. The second kappa shape index (κ2) is 12.3. The molecule has 1 aliphatic carbocycles. The van der Waals surface area contributed by atoms with Gasteiger partial charge in [0.15, 0.2) is 0 Å². The van der Waals surface area contributed by atoms with Gasteiger partial charge in [0, 0.05) is 55.4 Å². The number of carbonyl (C=O) groups excluding carboxylic acids is 1. The lowest BCUT2D eigenvalue weighted by Crippen LogP contribution is -2.45. The average molecular weight is 510 g/mol. The summed E-state index contributed by atoms with van der Waals surface area (Å²) in [6, 6.07) is 0.775. The normalized spacial score (nSPS) is 23.8. The number of nitrogens with zero attached hydrogens (tertiary/aromatic N) is 4. The molecule has 3 aliphatic rings. The van der Waals surface area contributed by atoms with E-state index in [1.54, 1.807) is 6.20 Å². The van der Waals surface area contributed by atoms with Crippen molar-refractivity contribution in [1.82, 2.24) is 25.1 Å². The summed E-state index contributed by atoms with van der Waals surface area (Å²) in [6.07, 6.45) is 18.3. The van der Waals surface area contributed by atoms with Crippen molar-refractivity contribution in [3.8, 4) is 0 Å². The van der Waals surface area contributed by atoms with E-state index in [-0.39, 0.29) is 11.9 Å². The van der Waals surface area contributed by atoms with E-state index in [9.17, 15) is 4.79 Å². The Morgan fingerprint density at radius 1 is 1.33 bits per heavy atom. The van der Waals surface area contributed by atoms with Crippen molar-refractivity contribution < 1.29 is 4.79 Å². The average Bonchev–Trinajstić information content (AvgIpc) is 2.91. The van der Waals surface area contributed by atoms with Crippen LogP contribution in [-0.2, 0) is 4.79 Å². The van der Waals surface area contributed by atoms with Gasteiger partial charge < -0.3 is 25.8 Å². The van der Waals surface area contributed by atoms with Crippen LogP contribution < -0.4 is 10.6 Å². The van der Waals surface area contributed by atoms with Gasteiger partial charge in [-0.1, -0.05) is 24.3 Å². The van der Waals surface area contributed by atoms with Crippen molar-refractivity contribution in [2.75, 3.05) is 32.0 Å². The number of hydrogen-bond acceptors (Lipinski definition) is 7. The number of piperidine rings is 1. The molecule has 8 nitrogen and oxygen atoms in total. The van der Waals surface area contributed by atoms with Crippen LogP contribution >= 0.6 is 11.6 Å². The van der Waals surface area contributed by atoms with Gasteiger partial charge in [-0.05, 0) is 69.7 Å². The Morgan fingerprint density at radius 3 is 2.83 bits per heavy atom. The third kappa shape index (κ3) is 6.42. The third-order valence-corrected chi connectivity index (χ3v) is 7.67. The van der Waals surface area contributed by atoms with Crippen molar-refractivity contribution in [3.05, 3.63) is 59.7 Å². The van der Waals surface area contributed by atoms with Gasteiger partial charge in [-0.3, -0.25) is 4.79 Å². The topological polar surface area (TPSA) is 97.2 Å².